The molecule has 0 saturated carbocycles. The standard InChI is InChI=1S/C26H28N2O10/c1-6-13-15(34-2)8-7-14-19(21(30)12-9-16(35-3)25(37-5)17(10-12)36-4)27-28(20(13)14)26-24(33)23(32)22(31)18(11-29)38-26/h1,7-10,18,22-24,26,29,31-33H,11H2,2-5H3/t18?,22-,23-,24?,26+/m0/s1. The second-order valence-electron chi connectivity index (χ2n) is 8.44. The van der Waals surface area contributed by atoms with Crippen molar-refractivity contribution in [3.63, 3.8) is 0 Å². The largest absolute Gasteiger partial charge is 0.495 e. The Morgan fingerprint density at radius 2 is 1.63 bits per heavy atom. The Morgan fingerprint density at radius 1 is 1.00 bits per heavy atom. The molecule has 5 atom stereocenters. The molecule has 0 amide bonds. The average Bonchev–Trinajstić information content (AvgIpc) is 3.33. The molecule has 2 unspecified atom stereocenters. The van der Waals surface area contributed by atoms with Gasteiger partial charge in [-0.05, 0) is 24.3 Å². The van der Waals surface area contributed by atoms with Crippen LogP contribution in [0, 0.1) is 12.3 Å². The first-order valence-electron chi connectivity index (χ1n) is 11.5. The van der Waals surface area contributed by atoms with E-state index in [1.807, 2.05) is 0 Å². The van der Waals surface area contributed by atoms with Crippen LogP contribution in [-0.4, -0.2) is 95.5 Å². The monoisotopic (exact) mass is 528 g/mol. The molecule has 4 N–H and O–H groups in total. The van der Waals surface area contributed by atoms with Gasteiger partial charge in [0.15, 0.2) is 17.7 Å². The summed E-state index contributed by atoms with van der Waals surface area (Å²) in [5, 5.41) is 45.8. The van der Waals surface area contributed by atoms with E-state index in [-0.39, 0.29) is 39.6 Å². The number of hydrogen-bond donors (Lipinski definition) is 4. The third kappa shape index (κ3) is 4.30. The number of aliphatic hydroxyl groups is 4. The van der Waals surface area contributed by atoms with Crippen LogP contribution in [0.1, 0.15) is 27.8 Å². The molecule has 38 heavy (non-hydrogen) atoms. The molecule has 0 spiro atoms. The van der Waals surface area contributed by atoms with Crippen molar-refractivity contribution in [2.24, 2.45) is 0 Å². The molecule has 0 radical (unpaired) electrons. The lowest BCUT2D eigenvalue weighted by Crippen LogP contribution is -2.56. The Bertz CT molecular complexity index is 1370. The van der Waals surface area contributed by atoms with Gasteiger partial charge in [0.2, 0.25) is 11.5 Å². The topological polar surface area (TPSA) is 162 Å². The number of methoxy groups -OCH3 is 4. The Balaban J connectivity index is 1.96. The van der Waals surface area contributed by atoms with Gasteiger partial charge in [0.05, 0.1) is 46.1 Å². The molecule has 1 aromatic heterocycles. The summed E-state index contributed by atoms with van der Waals surface area (Å²) in [6.45, 7) is -0.650. The van der Waals surface area contributed by atoms with Gasteiger partial charge in [-0.15, -0.1) is 6.42 Å². The second kappa shape index (κ2) is 10.9. The van der Waals surface area contributed by atoms with Crippen LogP contribution in [0.25, 0.3) is 10.9 Å². The summed E-state index contributed by atoms with van der Waals surface area (Å²) in [6, 6.07) is 6.08. The van der Waals surface area contributed by atoms with Gasteiger partial charge in [-0.1, -0.05) is 5.92 Å². The molecule has 202 valence electrons. The minimum atomic E-state index is -1.68. The Morgan fingerprint density at radius 3 is 2.16 bits per heavy atom. The molecule has 12 heteroatoms. The number of rotatable bonds is 8. The highest BCUT2D eigenvalue weighted by molar-refractivity contribution is 6.16. The minimum Gasteiger partial charge on any atom is -0.495 e. The fraction of sp³-hybridized carbons (Fsp3) is 0.385. The molecule has 1 aliphatic heterocycles. The third-order valence-electron chi connectivity index (χ3n) is 6.45. The van der Waals surface area contributed by atoms with Gasteiger partial charge in [-0.3, -0.25) is 4.79 Å². The van der Waals surface area contributed by atoms with Crippen LogP contribution >= 0.6 is 0 Å². The number of terminal acetylenes is 1. The van der Waals surface area contributed by atoms with Crippen LogP contribution in [0.2, 0.25) is 0 Å². The number of nitrogens with zero attached hydrogens (tertiary/aromatic N) is 2. The predicted octanol–water partition coefficient (Wildman–Crippen LogP) is 0.255. The van der Waals surface area contributed by atoms with Gasteiger partial charge in [-0.25, -0.2) is 4.68 Å². The van der Waals surface area contributed by atoms with Gasteiger partial charge in [0.1, 0.15) is 35.9 Å². The van der Waals surface area contributed by atoms with Crippen molar-refractivity contribution in [3.05, 3.63) is 41.1 Å². The van der Waals surface area contributed by atoms with Crippen molar-refractivity contribution in [1.29, 1.82) is 0 Å². The molecular weight excluding hydrogens is 500 g/mol. The van der Waals surface area contributed by atoms with E-state index in [2.05, 4.69) is 11.0 Å². The number of aromatic nitrogens is 2. The van der Waals surface area contributed by atoms with Crippen molar-refractivity contribution in [2.45, 2.75) is 30.6 Å². The maximum atomic E-state index is 13.8. The molecule has 0 bridgehead atoms. The van der Waals surface area contributed by atoms with Crippen molar-refractivity contribution in [3.8, 4) is 35.3 Å². The van der Waals surface area contributed by atoms with E-state index in [1.165, 1.54) is 40.6 Å². The fourth-order valence-electron chi connectivity index (χ4n) is 4.51. The molecule has 2 heterocycles. The van der Waals surface area contributed by atoms with E-state index < -0.39 is 43.0 Å². The number of aliphatic hydroxyl groups excluding tert-OH is 4. The van der Waals surface area contributed by atoms with E-state index in [4.69, 9.17) is 30.1 Å². The Kier molecular flexibility index (Phi) is 7.77. The fourth-order valence-corrected chi connectivity index (χ4v) is 4.51. The first kappa shape index (κ1) is 27.2. The number of benzene rings is 2. The van der Waals surface area contributed by atoms with Crippen molar-refractivity contribution < 1.29 is 48.9 Å². The van der Waals surface area contributed by atoms with Crippen LogP contribution in [0.15, 0.2) is 24.3 Å². The lowest BCUT2D eigenvalue weighted by molar-refractivity contribution is -0.252. The molecule has 1 fully saturated rings. The zero-order valence-corrected chi connectivity index (χ0v) is 21.1. The van der Waals surface area contributed by atoms with E-state index >= 15 is 0 Å². The summed E-state index contributed by atoms with van der Waals surface area (Å²) in [7, 11) is 5.69. The highest BCUT2D eigenvalue weighted by Gasteiger charge is 2.45. The molecule has 3 aromatic rings. The molecule has 2 aromatic carbocycles. The number of fused-ring (bicyclic) bond motifs is 1. The van der Waals surface area contributed by atoms with Gasteiger partial charge >= 0.3 is 0 Å². The van der Waals surface area contributed by atoms with E-state index in [1.54, 1.807) is 12.1 Å². The number of carbonyl (C=O) groups is 1. The second-order valence-corrected chi connectivity index (χ2v) is 8.44. The number of hydrogen-bond acceptors (Lipinski definition) is 11. The zero-order chi connectivity index (χ0) is 27.7. The molecule has 0 aliphatic carbocycles. The van der Waals surface area contributed by atoms with Crippen LogP contribution in [0.3, 0.4) is 0 Å². The Labute approximate surface area is 217 Å². The van der Waals surface area contributed by atoms with E-state index in [0.29, 0.717) is 11.1 Å². The SMILES string of the molecule is C#Cc1c(OC)ccc2c(C(=O)c3cc(OC)c(OC)c(OC)c3)nn([C@@H]3OC(CO)[C@H](O)[C@H](O)C3O)c12. The summed E-state index contributed by atoms with van der Waals surface area (Å²) in [5.41, 5.74) is 0.494. The molecule has 1 saturated heterocycles. The van der Waals surface area contributed by atoms with Crippen LogP contribution in [0.5, 0.6) is 23.0 Å². The van der Waals surface area contributed by atoms with Gasteiger partial charge < -0.3 is 44.1 Å². The first-order valence-corrected chi connectivity index (χ1v) is 11.5. The van der Waals surface area contributed by atoms with E-state index in [9.17, 15) is 25.2 Å². The lowest BCUT2D eigenvalue weighted by Gasteiger charge is -2.40. The van der Waals surface area contributed by atoms with Crippen molar-refractivity contribution >= 4 is 16.7 Å². The Hall–Kier alpha value is -3.86. The number of ketones is 1. The smallest absolute Gasteiger partial charge is 0.214 e. The van der Waals surface area contributed by atoms with Crippen LogP contribution in [-0.2, 0) is 4.74 Å². The van der Waals surface area contributed by atoms with E-state index in [0.717, 1.165) is 4.68 Å². The van der Waals surface area contributed by atoms with Gasteiger partial charge in [-0.2, -0.15) is 5.10 Å². The molecule has 12 nitrogen and oxygen atoms in total. The first-order chi connectivity index (χ1) is 18.3. The van der Waals surface area contributed by atoms with Crippen LogP contribution in [0.4, 0.5) is 0 Å². The molecule has 1 aliphatic rings. The zero-order valence-electron chi connectivity index (χ0n) is 21.1. The van der Waals surface area contributed by atoms with Crippen molar-refractivity contribution in [1.82, 2.24) is 9.78 Å². The quantitative estimate of drug-likeness (QED) is 0.234. The highest BCUT2D eigenvalue weighted by atomic mass is 16.6. The number of ether oxygens (including phenoxy) is 5. The lowest BCUT2D eigenvalue weighted by atomic mass is 9.98. The highest BCUT2D eigenvalue weighted by Crippen LogP contribution is 2.40. The predicted molar refractivity (Wildman–Crippen MR) is 133 cm³/mol. The van der Waals surface area contributed by atoms with Crippen LogP contribution < -0.4 is 18.9 Å². The summed E-state index contributed by atoms with van der Waals surface area (Å²) < 4.78 is 28.3. The summed E-state index contributed by atoms with van der Waals surface area (Å²) in [5.74, 6) is 3.05. The maximum absolute atomic E-state index is 13.8. The molecule has 4 rings (SSSR count). The average molecular weight is 529 g/mol. The summed E-state index contributed by atoms with van der Waals surface area (Å²) in [6.07, 6.45) is -1.79. The molecular formula is C26H28N2O10. The third-order valence-corrected chi connectivity index (χ3v) is 6.45. The minimum absolute atomic E-state index is 0.0645. The normalized spacial score (nSPS) is 23.1. The van der Waals surface area contributed by atoms with Crippen molar-refractivity contribution in [2.75, 3.05) is 35.0 Å². The van der Waals surface area contributed by atoms with Gasteiger partial charge in [0, 0.05) is 10.9 Å². The summed E-state index contributed by atoms with van der Waals surface area (Å²) >= 11 is 0. The summed E-state index contributed by atoms with van der Waals surface area (Å²) in [4.78, 5) is 13.8. The maximum Gasteiger partial charge on any atom is 0.214 e. The number of carbonyl (C=O) groups excluding carboxylic acids is 1. The van der Waals surface area contributed by atoms with Gasteiger partial charge in [0.25, 0.3) is 0 Å².